The Labute approximate surface area is 151 Å². The van der Waals surface area contributed by atoms with Crippen LogP contribution in [0.15, 0.2) is 41.0 Å². The van der Waals surface area contributed by atoms with Gasteiger partial charge in [-0.1, -0.05) is 12.1 Å². The van der Waals surface area contributed by atoms with Crippen molar-refractivity contribution in [1.29, 1.82) is 0 Å². The zero-order valence-electron chi connectivity index (χ0n) is 14.8. The van der Waals surface area contributed by atoms with E-state index in [2.05, 4.69) is 10.6 Å². The summed E-state index contributed by atoms with van der Waals surface area (Å²) in [5.41, 5.74) is 2.74. The highest BCUT2D eigenvalue weighted by molar-refractivity contribution is 5.93. The van der Waals surface area contributed by atoms with Gasteiger partial charge in [-0.05, 0) is 49.6 Å². The summed E-state index contributed by atoms with van der Waals surface area (Å²) in [5.74, 6) is -1.00. The first-order valence-electron chi connectivity index (χ1n) is 8.31. The maximum absolute atomic E-state index is 11.9. The van der Waals surface area contributed by atoms with Crippen LogP contribution in [0, 0.1) is 13.8 Å². The second-order valence-electron chi connectivity index (χ2n) is 5.79. The van der Waals surface area contributed by atoms with E-state index in [0.717, 1.165) is 11.1 Å². The Morgan fingerprint density at radius 2 is 1.92 bits per heavy atom. The average Bonchev–Trinajstić information content (AvgIpc) is 3.15. The molecular formula is C19H22N2O5. The summed E-state index contributed by atoms with van der Waals surface area (Å²) in [5, 5.41) is 5.35. The van der Waals surface area contributed by atoms with E-state index >= 15 is 0 Å². The van der Waals surface area contributed by atoms with Crippen LogP contribution in [0.25, 0.3) is 0 Å². The lowest BCUT2D eigenvalue weighted by molar-refractivity contribution is -0.147. The van der Waals surface area contributed by atoms with Crippen molar-refractivity contribution in [2.75, 3.05) is 18.5 Å². The maximum atomic E-state index is 11.9. The van der Waals surface area contributed by atoms with E-state index < -0.39 is 11.9 Å². The van der Waals surface area contributed by atoms with Crippen LogP contribution < -0.4 is 10.6 Å². The summed E-state index contributed by atoms with van der Waals surface area (Å²) in [6.07, 6.45) is 1.93. The largest absolute Gasteiger partial charge is 0.459 e. The second-order valence-corrected chi connectivity index (χ2v) is 5.79. The lowest BCUT2D eigenvalue weighted by Gasteiger charge is -2.10. The van der Waals surface area contributed by atoms with Crippen LogP contribution in [0.4, 0.5) is 5.69 Å². The molecule has 2 N–H and O–H groups in total. The summed E-state index contributed by atoms with van der Waals surface area (Å²) in [6.45, 7) is 3.83. The molecule has 0 radical (unpaired) electrons. The number of aryl methyl sites for hydroxylation is 1. The van der Waals surface area contributed by atoms with Gasteiger partial charge >= 0.3 is 5.97 Å². The number of esters is 1. The van der Waals surface area contributed by atoms with Gasteiger partial charge in [0.25, 0.3) is 11.8 Å². The molecule has 2 aromatic rings. The predicted octanol–water partition coefficient (Wildman–Crippen LogP) is 2.59. The first kappa shape index (κ1) is 19.2. The Kier molecular flexibility index (Phi) is 6.96. The third kappa shape index (κ3) is 5.77. The van der Waals surface area contributed by atoms with Crippen LogP contribution in [-0.2, 0) is 14.3 Å². The number of hydrogen-bond acceptors (Lipinski definition) is 5. The molecule has 2 rings (SSSR count). The van der Waals surface area contributed by atoms with Crippen LogP contribution in [-0.4, -0.2) is 30.9 Å². The van der Waals surface area contributed by atoms with Gasteiger partial charge in [0, 0.05) is 18.7 Å². The molecule has 0 spiro atoms. The summed E-state index contributed by atoms with van der Waals surface area (Å²) in [7, 11) is 0. The van der Waals surface area contributed by atoms with Crippen LogP contribution in [0.3, 0.4) is 0 Å². The number of benzene rings is 1. The Hall–Kier alpha value is -3.09. The van der Waals surface area contributed by atoms with Crippen molar-refractivity contribution in [2.24, 2.45) is 0 Å². The molecule has 0 aliphatic carbocycles. The number of nitrogens with one attached hydrogen (secondary N) is 2. The SMILES string of the molecule is Cc1cccc(NC(=O)COC(=O)CCCNC(=O)c2ccco2)c1C. The topological polar surface area (TPSA) is 97.6 Å². The quantitative estimate of drug-likeness (QED) is 0.558. The molecule has 26 heavy (non-hydrogen) atoms. The van der Waals surface area contributed by atoms with Gasteiger partial charge < -0.3 is 19.8 Å². The van der Waals surface area contributed by atoms with Crippen molar-refractivity contribution in [3.8, 4) is 0 Å². The standard InChI is InChI=1S/C19H22N2O5/c1-13-6-3-7-15(14(13)2)21-17(22)12-26-18(23)9-4-10-20-19(24)16-8-5-11-25-16/h3,5-8,11H,4,9-10,12H2,1-2H3,(H,20,24)(H,21,22). The average molecular weight is 358 g/mol. The molecule has 1 aromatic heterocycles. The molecule has 1 aromatic carbocycles. The van der Waals surface area contributed by atoms with E-state index in [1.54, 1.807) is 18.2 Å². The normalized spacial score (nSPS) is 10.2. The zero-order chi connectivity index (χ0) is 18.9. The molecule has 0 aliphatic rings. The Morgan fingerprint density at radius 3 is 2.65 bits per heavy atom. The van der Waals surface area contributed by atoms with Gasteiger partial charge in [-0.15, -0.1) is 0 Å². The molecule has 2 amide bonds. The first-order valence-corrected chi connectivity index (χ1v) is 8.31. The predicted molar refractivity (Wildman–Crippen MR) is 95.8 cm³/mol. The Morgan fingerprint density at radius 1 is 1.12 bits per heavy atom. The maximum Gasteiger partial charge on any atom is 0.306 e. The molecule has 0 aliphatic heterocycles. The molecule has 7 heteroatoms. The zero-order valence-corrected chi connectivity index (χ0v) is 14.8. The summed E-state index contributed by atoms with van der Waals surface area (Å²) >= 11 is 0. The smallest absolute Gasteiger partial charge is 0.306 e. The van der Waals surface area contributed by atoms with Gasteiger partial charge in [0.2, 0.25) is 0 Å². The summed E-state index contributed by atoms with van der Waals surface area (Å²) in [4.78, 5) is 35.2. The Balaban J connectivity index is 1.63. The molecular weight excluding hydrogens is 336 g/mol. The minimum Gasteiger partial charge on any atom is -0.459 e. The molecule has 138 valence electrons. The highest BCUT2D eigenvalue weighted by Gasteiger charge is 2.11. The summed E-state index contributed by atoms with van der Waals surface area (Å²) in [6, 6.07) is 8.77. The fourth-order valence-electron chi connectivity index (χ4n) is 2.22. The molecule has 7 nitrogen and oxygen atoms in total. The van der Waals surface area contributed by atoms with Crippen molar-refractivity contribution < 1.29 is 23.5 Å². The summed E-state index contributed by atoms with van der Waals surface area (Å²) < 4.78 is 9.90. The second kappa shape index (κ2) is 9.41. The number of ether oxygens (including phenoxy) is 1. The van der Waals surface area contributed by atoms with Crippen molar-refractivity contribution in [1.82, 2.24) is 5.32 Å². The number of carbonyl (C=O) groups excluding carboxylic acids is 3. The van der Waals surface area contributed by atoms with Gasteiger partial charge in [-0.2, -0.15) is 0 Å². The Bertz CT molecular complexity index is 768. The van der Waals surface area contributed by atoms with Crippen LogP contribution in [0.1, 0.15) is 34.5 Å². The number of anilines is 1. The number of rotatable bonds is 8. The molecule has 0 atom stereocenters. The number of amides is 2. The van der Waals surface area contributed by atoms with E-state index in [4.69, 9.17) is 9.15 Å². The van der Waals surface area contributed by atoms with Crippen molar-refractivity contribution in [3.63, 3.8) is 0 Å². The van der Waals surface area contributed by atoms with E-state index in [0.29, 0.717) is 18.7 Å². The number of hydrogen-bond donors (Lipinski definition) is 2. The van der Waals surface area contributed by atoms with Gasteiger partial charge in [0.15, 0.2) is 12.4 Å². The number of carbonyl (C=O) groups is 3. The van der Waals surface area contributed by atoms with Crippen LogP contribution >= 0.6 is 0 Å². The first-order chi connectivity index (χ1) is 12.5. The lowest BCUT2D eigenvalue weighted by atomic mass is 10.1. The highest BCUT2D eigenvalue weighted by atomic mass is 16.5. The van der Waals surface area contributed by atoms with Gasteiger partial charge in [-0.3, -0.25) is 14.4 Å². The van der Waals surface area contributed by atoms with Crippen molar-refractivity contribution >= 4 is 23.5 Å². The van der Waals surface area contributed by atoms with Crippen LogP contribution in [0.2, 0.25) is 0 Å². The minimum atomic E-state index is -0.492. The van der Waals surface area contributed by atoms with Gasteiger partial charge in [-0.25, -0.2) is 0 Å². The van der Waals surface area contributed by atoms with Crippen LogP contribution in [0.5, 0.6) is 0 Å². The third-order valence-corrected chi connectivity index (χ3v) is 3.83. The number of furan rings is 1. The fraction of sp³-hybridized carbons (Fsp3) is 0.316. The third-order valence-electron chi connectivity index (χ3n) is 3.83. The molecule has 0 unspecified atom stereocenters. The molecule has 1 heterocycles. The van der Waals surface area contributed by atoms with E-state index in [1.165, 1.54) is 6.26 Å². The van der Waals surface area contributed by atoms with Gasteiger partial charge in [0.1, 0.15) is 0 Å². The van der Waals surface area contributed by atoms with Crippen molar-refractivity contribution in [3.05, 3.63) is 53.5 Å². The monoisotopic (exact) mass is 358 g/mol. The van der Waals surface area contributed by atoms with E-state index in [1.807, 2.05) is 26.0 Å². The molecule has 0 fully saturated rings. The fourth-order valence-corrected chi connectivity index (χ4v) is 2.22. The molecule has 0 saturated carbocycles. The molecule has 0 bridgehead atoms. The van der Waals surface area contributed by atoms with Gasteiger partial charge in [0.05, 0.1) is 6.26 Å². The van der Waals surface area contributed by atoms with E-state index in [9.17, 15) is 14.4 Å². The van der Waals surface area contributed by atoms with Crippen molar-refractivity contribution in [2.45, 2.75) is 26.7 Å². The minimum absolute atomic E-state index is 0.106. The van der Waals surface area contributed by atoms with E-state index in [-0.39, 0.29) is 24.7 Å². The molecule has 0 saturated heterocycles. The lowest BCUT2D eigenvalue weighted by Crippen LogP contribution is -2.25. The highest BCUT2D eigenvalue weighted by Crippen LogP contribution is 2.17.